The van der Waals surface area contributed by atoms with Crippen LogP contribution in [0.2, 0.25) is 0 Å². The lowest BCUT2D eigenvalue weighted by Crippen LogP contribution is -1.92. The van der Waals surface area contributed by atoms with Crippen LogP contribution in [0.5, 0.6) is 0 Å². The molecule has 5 rings (SSSR count). The van der Waals surface area contributed by atoms with Crippen LogP contribution in [0.25, 0.3) is 44.5 Å². The first kappa shape index (κ1) is 17.6. The Morgan fingerprint density at radius 3 is 2.45 bits per heavy atom. The maximum absolute atomic E-state index is 13.5. The van der Waals surface area contributed by atoms with Crippen molar-refractivity contribution in [1.82, 2.24) is 9.97 Å². The molecule has 0 atom stereocenters. The maximum Gasteiger partial charge on any atom is 0.229 e. The molecule has 0 aliphatic rings. The summed E-state index contributed by atoms with van der Waals surface area (Å²) in [5, 5.41) is 1.70. The number of benzene rings is 2. The molecule has 0 aliphatic carbocycles. The Bertz CT molecular complexity index is 1380. The zero-order chi connectivity index (χ0) is 20.1. The number of halogens is 1. The Balaban J connectivity index is 1.73. The first-order valence-corrected chi connectivity index (χ1v) is 9.54. The van der Waals surface area contributed by atoms with Gasteiger partial charge in [-0.1, -0.05) is 29.8 Å². The van der Waals surface area contributed by atoms with E-state index in [9.17, 15) is 4.39 Å². The highest BCUT2D eigenvalue weighted by molar-refractivity contribution is 6.08. The molecule has 142 valence electrons. The lowest BCUT2D eigenvalue weighted by atomic mass is 9.93. The molecule has 2 aromatic carbocycles. The molecule has 0 saturated heterocycles. The van der Waals surface area contributed by atoms with Crippen LogP contribution in [-0.2, 0) is 0 Å². The Labute approximate surface area is 167 Å². The third kappa shape index (κ3) is 2.88. The number of furan rings is 1. The van der Waals surface area contributed by atoms with Crippen molar-refractivity contribution in [2.45, 2.75) is 20.8 Å². The summed E-state index contributed by atoms with van der Waals surface area (Å²) in [6.07, 6.45) is 1.82. The Morgan fingerprint density at radius 2 is 1.66 bits per heavy atom. The number of rotatable bonds is 2. The van der Waals surface area contributed by atoms with E-state index in [2.05, 4.69) is 48.9 Å². The summed E-state index contributed by atoms with van der Waals surface area (Å²) in [4.78, 5) is 8.49. The van der Waals surface area contributed by atoms with Gasteiger partial charge >= 0.3 is 0 Å². The Morgan fingerprint density at radius 1 is 0.862 bits per heavy atom. The van der Waals surface area contributed by atoms with Crippen LogP contribution in [0.1, 0.15) is 16.7 Å². The molecule has 3 aromatic heterocycles. The monoisotopic (exact) mass is 382 g/mol. The van der Waals surface area contributed by atoms with Crippen molar-refractivity contribution in [2.24, 2.45) is 0 Å². The minimum Gasteiger partial charge on any atom is -0.437 e. The van der Waals surface area contributed by atoms with Crippen molar-refractivity contribution in [3.05, 3.63) is 83.4 Å². The fourth-order valence-corrected chi connectivity index (χ4v) is 4.23. The SMILES string of the molecule is Cc1cc(C)c(-c2ccnc(-c3cccc4c3oc3nc(F)ccc34)c2)c(C)c1. The van der Waals surface area contributed by atoms with E-state index in [1.807, 2.05) is 30.5 Å². The molecule has 0 amide bonds. The highest BCUT2D eigenvalue weighted by Gasteiger charge is 2.15. The van der Waals surface area contributed by atoms with Gasteiger partial charge in [0.05, 0.1) is 5.69 Å². The quantitative estimate of drug-likeness (QED) is 0.316. The lowest BCUT2D eigenvalue weighted by Gasteiger charge is -2.12. The molecule has 3 heterocycles. The van der Waals surface area contributed by atoms with Gasteiger partial charge in [0, 0.05) is 22.5 Å². The number of fused-ring (bicyclic) bond motifs is 3. The van der Waals surface area contributed by atoms with Gasteiger partial charge in [-0.25, -0.2) is 0 Å². The fourth-order valence-electron chi connectivity index (χ4n) is 4.23. The van der Waals surface area contributed by atoms with Crippen LogP contribution in [-0.4, -0.2) is 9.97 Å². The van der Waals surface area contributed by atoms with Gasteiger partial charge in [0.25, 0.3) is 0 Å². The third-order valence-corrected chi connectivity index (χ3v) is 5.33. The van der Waals surface area contributed by atoms with Crippen LogP contribution < -0.4 is 0 Å². The van der Waals surface area contributed by atoms with Gasteiger partial charge in [-0.15, -0.1) is 0 Å². The van der Waals surface area contributed by atoms with E-state index in [4.69, 9.17) is 4.42 Å². The normalized spacial score (nSPS) is 11.4. The van der Waals surface area contributed by atoms with Crippen LogP contribution in [0, 0.1) is 26.7 Å². The van der Waals surface area contributed by atoms with E-state index < -0.39 is 5.95 Å². The van der Waals surface area contributed by atoms with Crippen molar-refractivity contribution in [3.63, 3.8) is 0 Å². The molecule has 0 N–H and O–H groups in total. The van der Waals surface area contributed by atoms with Gasteiger partial charge < -0.3 is 4.42 Å². The van der Waals surface area contributed by atoms with E-state index in [1.54, 1.807) is 6.07 Å². The highest BCUT2D eigenvalue weighted by atomic mass is 19.1. The molecule has 5 aromatic rings. The summed E-state index contributed by atoms with van der Waals surface area (Å²) in [6.45, 7) is 6.38. The second kappa shape index (κ2) is 6.52. The number of hydrogen-bond acceptors (Lipinski definition) is 3. The number of nitrogens with zero attached hydrogens (tertiary/aromatic N) is 2. The smallest absolute Gasteiger partial charge is 0.229 e. The van der Waals surface area contributed by atoms with Crippen LogP contribution in [0.15, 0.2) is 65.2 Å². The first-order valence-electron chi connectivity index (χ1n) is 9.54. The lowest BCUT2D eigenvalue weighted by molar-refractivity contribution is 0.569. The van der Waals surface area contributed by atoms with Gasteiger partial charge in [-0.2, -0.15) is 9.37 Å². The summed E-state index contributed by atoms with van der Waals surface area (Å²) in [6, 6.07) is 17.5. The van der Waals surface area contributed by atoms with E-state index >= 15 is 0 Å². The van der Waals surface area contributed by atoms with Crippen molar-refractivity contribution >= 4 is 22.1 Å². The fraction of sp³-hybridized carbons (Fsp3) is 0.120. The number of aryl methyl sites for hydroxylation is 3. The summed E-state index contributed by atoms with van der Waals surface area (Å²) < 4.78 is 19.5. The van der Waals surface area contributed by atoms with E-state index in [1.165, 1.54) is 28.3 Å². The number of para-hydroxylation sites is 1. The van der Waals surface area contributed by atoms with Crippen molar-refractivity contribution in [3.8, 4) is 22.4 Å². The predicted octanol–water partition coefficient (Wildman–Crippen LogP) is 6.77. The summed E-state index contributed by atoms with van der Waals surface area (Å²) in [5.41, 5.74) is 8.71. The third-order valence-electron chi connectivity index (χ3n) is 5.33. The Kier molecular flexibility index (Phi) is 3.95. The topological polar surface area (TPSA) is 38.9 Å². The average molecular weight is 382 g/mol. The molecular weight excluding hydrogens is 363 g/mol. The van der Waals surface area contributed by atoms with Crippen molar-refractivity contribution in [1.29, 1.82) is 0 Å². The molecule has 0 spiro atoms. The molecule has 0 unspecified atom stereocenters. The number of hydrogen-bond donors (Lipinski definition) is 0. The molecular formula is C25H19FN2O. The molecule has 3 nitrogen and oxygen atoms in total. The average Bonchev–Trinajstić information content (AvgIpc) is 3.05. The van der Waals surface area contributed by atoms with Gasteiger partial charge in [0.15, 0.2) is 0 Å². The zero-order valence-electron chi connectivity index (χ0n) is 16.5. The van der Waals surface area contributed by atoms with Crippen LogP contribution >= 0.6 is 0 Å². The minimum absolute atomic E-state index is 0.300. The second-order valence-electron chi connectivity index (χ2n) is 7.47. The molecule has 0 fully saturated rings. The Hall–Kier alpha value is -3.53. The molecule has 4 heteroatoms. The van der Waals surface area contributed by atoms with Crippen LogP contribution in [0.4, 0.5) is 4.39 Å². The summed E-state index contributed by atoms with van der Waals surface area (Å²) in [5.74, 6) is -0.552. The van der Waals surface area contributed by atoms with Gasteiger partial charge in [0.2, 0.25) is 11.7 Å². The molecule has 0 saturated carbocycles. The largest absolute Gasteiger partial charge is 0.437 e. The predicted molar refractivity (Wildman–Crippen MR) is 114 cm³/mol. The van der Waals surface area contributed by atoms with Gasteiger partial charge in [-0.05, 0) is 73.4 Å². The standard InChI is InChI=1S/C25H19FN2O/c1-14-11-15(2)23(16(3)12-14)17-9-10-27-21(13-17)20-6-4-5-18-19-7-8-22(26)28-25(19)29-24(18)20/h4-13H,1-3H3. The zero-order valence-corrected chi connectivity index (χ0v) is 16.5. The molecule has 29 heavy (non-hydrogen) atoms. The van der Waals surface area contributed by atoms with Gasteiger partial charge in [0.1, 0.15) is 5.58 Å². The van der Waals surface area contributed by atoms with E-state index in [-0.39, 0.29) is 0 Å². The second-order valence-corrected chi connectivity index (χ2v) is 7.47. The van der Waals surface area contributed by atoms with Crippen molar-refractivity contribution in [2.75, 3.05) is 0 Å². The molecule has 0 bridgehead atoms. The number of pyridine rings is 2. The molecule has 0 radical (unpaired) electrons. The van der Waals surface area contributed by atoms with Crippen molar-refractivity contribution < 1.29 is 8.81 Å². The number of aromatic nitrogens is 2. The van der Waals surface area contributed by atoms with Gasteiger partial charge in [-0.3, -0.25) is 4.98 Å². The van der Waals surface area contributed by atoms with Crippen LogP contribution in [0.3, 0.4) is 0 Å². The summed E-state index contributed by atoms with van der Waals surface area (Å²) >= 11 is 0. The van der Waals surface area contributed by atoms with E-state index in [0.717, 1.165) is 27.6 Å². The minimum atomic E-state index is -0.552. The molecule has 0 aliphatic heterocycles. The van der Waals surface area contributed by atoms with E-state index in [0.29, 0.717) is 11.3 Å². The maximum atomic E-state index is 13.5. The highest BCUT2D eigenvalue weighted by Crippen LogP contribution is 2.36. The summed E-state index contributed by atoms with van der Waals surface area (Å²) in [7, 11) is 0. The first-order chi connectivity index (χ1) is 14.0.